The van der Waals surface area contributed by atoms with Crippen molar-refractivity contribution in [2.75, 3.05) is 5.32 Å². The number of hydrogen-bond donors (Lipinski definition) is 3. The Morgan fingerprint density at radius 2 is 1.77 bits per heavy atom. The Morgan fingerprint density at radius 1 is 1.10 bits per heavy atom. The molecule has 216 valence electrons. The van der Waals surface area contributed by atoms with E-state index in [2.05, 4.69) is 20.6 Å². The van der Waals surface area contributed by atoms with Gasteiger partial charge in [0.15, 0.2) is 0 Å². The molecule has 0 unspecified atom stereocenters. The number of aromatic nitrogens is 4. The Labute approximate surface area is 229 Å². The highest BCUT2D eigenvalue weighted by Gasteiger charge is 2.42. The maximum atomic E-state index is 13.3. The predicted octanol–water partition coefficient (Wildman–Crippen LogP) is 5.45. The van der Waals surface area contributed by atoms with Gasteiger partial charge in [0.2, 0.25) is 5.78 Å². The van der Waals surface area contributed by atoms with Crippen LogP contribution in [-0.2, 0) is 22.3 Å². The number of carbonyl (C=O) groups is 3. The van der Waals surface area contributed by atoms with Gasteiger partial charge in [-0.2, -0.15) is 23.4 Å². The van der Waals surface area contributed by atoms with Crippen molar-refractivity contribution in [3.63, 3.8) is 0 Å². The molecule has 0 aliphatic carbocycles. The van der Waals surface area contributed by atoms with Gasteiger partial charge in [-0.1, -0.05) is 52.7 Å². The smallest absolute Gasteiger partial charge is 0.416 e. The Hall–Kier alpha value is -4.16. The second-order valence-corrected chi connectivity index (χ2v) is 10.5. The highest BCUT2D eigenvalue weighted by Crippen LogP contribution is 2.32. The summed E-state index contributed by atoms with van der Waals surface area (Å²) in [6, 6.07) is 4.06. The Bertz CT molecular complexity index is 1300. The van der Waals surface area contributed by atoms with Crippen molar-refractivity contribution >= 4 is 23.6 Å². The van der Waals surface area contributed by atoms with E-state index >= 15 is 0 Å². The van der Waals surface area contributed by atoms with E-state index in [-0.39, 0.29) is 18.8 Å². The first-order valence-electron chi connectivity index (χ1n) is 12.8. The van der Waals surface area contributed by atoms with Crippen molar-refractivity contribution in [3.8, 4) is 11.1 Å². The molecule has 0 bridgehead atoms. The number of hydrogen-bond acceptors (Lipinski definition) is 5. The quantitative estimate of drug-likeness (QED) is 0.266. The van der Waals surface area contributed by atoms with Crippen LogP contribution < -0.4 is 5.32 Å². The lowest BCUT2D eigenvalue weighted by molar-refractivity contribution is -0.139. The maximum Gasteiger partial charge on any atom is 0.416 e. The van der Waals surface area contributed by atoms with E-state index < -0.39 is 47.0 Å². The summed E-state index contributed by atoms with van der Waals surface area (Å²) in [6.07, 6.45) is -0.0101. The first-order chi connectivity index (χ1) is 18.7. The molecular weight excluding hydrogens is 529 g/mol. The largest absolute Gasteiger partial charge is 0.465 e. The number of halogens is 3. The number of carbonyl (C=O) groups excluding carboxylic acids is 2. The third-order valence-electron chi connectivity index (χ3n) is 6.54. The number of unbranched alkanes of at least 4 members (excludes halogenated alkanes) is 1. The fourth-order valence-corrected chi connectivity index (χ4v) is 4.36. The van der Waals surface area contributed by atoms with Crippen LogP contribution in [0.5, 0.6) is 0 Å². The van der Waals surface area contributed by atoms with Crippen LogP contribution in [0.1, 0.15) is 52.5 Å². The summed E-state index contributed by atoms with van der Waals surface area (Å²) >= 11 is 0. The van der Waals surface area contributed by atoms with Gasteiger partial charge in [-0.15, -0.1) is 0 Å². The molecule has 10 nitrogen and oxygen atoms in total. The first kappa shape index (κ1) is 30.4. The lowest BCUT2D eigenvalue weighted by atomic mass is 9.84. The van der Waals surface area contributed by atoms with Gasteiger partial charge in [-0.05, 0) is 29.5 Å². The second-order valence-electron chi connectivity index (χ2n) is 10.5. The summed E-state index contributed by atoms with van der Waals surface area (Å²) < 4.78 is 40.3. The van der Waals surface area contributed by atoms with E-state index in [9.17, 15) is 32.7 Å². The zero-order valence-corrected chi connectivity index (χ0v) is 22.7. The zero-order chi connectivity index (χ0) is 29.7. The number of nitrogens with one attached hydrogen (secondary N) is 2. The lowest BCUT2D eigenvalue weighted by Crippen LogP contribution is -2.57. The molecule has 0 aliphatic rings. The van der Waals surface area contributed by atoms with Crippen LogP contribution in [0.25, 0.3) is 11.1 Å². The van der Waals surface area contributed by atoms with Crippen LogP contribution >= 0.6 is 0 Å². The van der Waals surface area contributed by atoms with E-state index in [1.165, 1.54) is 35.3 Å². The van der Waals surface area contributed by atoms with Crippen LogP contribution in [0, 0.1) is 5.41 Å². The average Bonchev–Trinajstić information content (AvgIpc) is 3.56. The summed E-state index contributed by atoms with van der Waals surface area (Å²) in [5.41, 5.74) is -0.412. The molecule has 1 aromatic carbocycles. The minimum atomic E-state index is -4.45. The van der Waals surface area contributed by atoms with E-state index in [0.717, 1.165) is 17.0 Å². The number of H-pyrrole nitrogens is 1. The number of aromatic amines is 1. The number of nitrogens with zero attached hydrogens (tertiary/aromatic N) is 4. The summed E-state index contributed by atoms with van der Waals surface area (Å²) in [7, 11) is 0. The highest BCUT2D eigenvalue weighted by molar-refractivity contribution is 6.42. The molecular formula is C27H33F3N6O4. The maximum absolute atomic E-state index is 13.3. The molecule has 0 aliphatic heterocycles. The third-order valence-corrected chi connectivity index (χ3v) is 6.54. The van der Waals surface area contributed by atoms with Gasteiger partial charge in [0.05, 0.1) is 30.5 Å². The number of carboxylic acid groups (broad SMARTS) is 1. The third kappa shape index (κ3) is 7.48. The number of ketones is 1. The molecule has 0 spiro atoms. The number of rotatable bonds is 11. The molecule has 2 aromatic heterocycles. The number of alkyl halides is 3. The number of amides is 2. The Kier molecular flexibility index (Phi) is 9.38. The van der Waals surface area contributed by atoms with Gasteiger partial charge in [-0.25, -0.2) is 4.79 Å². The van der Waals surface area contributed by atoms with Crippen molar-refractivity contribution in [1.82, 2.24) is 24.9 Å². The fraction of sp³-hybridized carbons (Fsp3) is 0.444. The van der Waals surface area contributed by atoms with Crippen LogP contribution in [0.4, 0.5) is 23.8 Å². The van der Waals surface area contributed by atoms with Crippen molar-refractivity contribution in [2.24, 2.45) is 5.41 Å². The fourth-order valence-electron chi connectivity index (χ4n) is 4.36. The normalized spacial score (nSPS) is 13.5. The zero-order valence-electron chi connectivity index (χ0n) is 22.7. The van der Waals surface area contributed by atoms with Crippen molar-refractivity contribution in [1.29, 1.82) is 0 Å². The van der Waals surface area contributed by atoms with Crippen LogP contribution in [0.3, 0.4) is 0 Å². The molecule has 0 saturated carbocycles. The summed E-state index contributed by atoms with van der Waals surface area (Å²) in [6.45, 7) is 7.39. The minimum absolute atomic E-state index is 0.0362. The molecule has 13 heteroatoms. The number of anilines is 1. The second kappa shape index (κ2) is 12.3. The molecule has 0 fully saturated rings. The summed E-state index contributed by atoms with van der Waals surface area (Å²) in [5.74, 6) is -1.66. The molecule has 3 aromatic rings. The van der Waals surface area contributed by atoms with Gasteiger partial charge in [0.25, 0.3) is 5.91 Å². The van der Waals surface area contributed by atoms with E-state index in [4.69, 9.17) is 0 Å². The molecule has 2 atom stereocenters. The number of benzene rings is 1. The first-order valence-corrected chi connectivity index (χ1v) is 12.8. The topological polar surface area (TPSA) is 133 Å². The standard InChI is InChI=1S/C27H33F3N6O4/c1-5-6-7-20(23(37)24(38)33-22-12-13-31-34-22)36(25(39)40)21(26(2,3)4)16-35-15-18(14-32-35)17-8-10-19(11-9-17)27(28,29)30/h8-15,20-21H,5-7,16H2,1-4H3,(H,39,40)(H2,31,33,34,38)/t20-,21+/m0/s1. The highest BCUT2D eigenvalue weighted by atomic mass is 19.4. The Balaban J connectivity index is 1.91. The average molecular weight is 563 g/mol. The molecule has 3 N–H and O–H groups in total. The lowest BCUT2D eigenvalue weighted by Gasteiger charge is -2.42. The minimum Gasteiger partial charge on any atom is -0.465 e. The predicted molar refractivity (Wildman–Crippen MR) is 141 cm³/mol. The molecule has 3 rings (SSSR count). The molecule has 40 heavy (non-hydrogen) atoms. The van der Waals surface area contributed by atoms with Crippen molar-refractivity contribution < 1.29 is 32.7 Å². The van der Waals surface area contributed by atoms with Crippen LogP contribution in [0.15, 0.2) is 48.9 Å². The SMILES string of the molecule is CCCC[C@@H](C(=O)C(=O)Nc1ccn[nH]1)N(C(=O)O)[C@H](Cn1cc(-c2ccc(C(F)(F)F)cc2)cn1)C(C)(C)C. The molecule has 2 amide bonds. The van der Waals surface area contributed by atoms with Gasteiger partial charge >= 0.3 is 12.3 Å². The Morgan fingerprint density at radius 3 is 2.30 bits per heavy atom. The van der Waals surface area contributed by atoms with Crippen LogP contribution in [0.2, 0.25) is 0 Å². The van der Waals surface area contributed by atoms with Crippen LogP contribution in [-0.4, -0.2) is 59.9 Å². The summed E-state index contributed by atoms with van der Waals surface area (Å²) in [4.78, 5) is 39.8. The van der Waals surface area contributed by atoms with Crippen molar-refractivity contribution in [3.05, 3.63) is 54.5 Å². The van der Waals surface area contributed by atoms with Crippen molar-refractivity contribution in [2.45, 2.75) is 71.8 Å². The summed E-state index contributed by atoms with van der Waals surface area (Å²) in [5, 5.41) is 23.3. The molecule has 0 radical (unpaired) electrons. The molecule has 2 heterocycles. The molecule has 0 saturated heterocycles. The number of Topliss-reactive ketones (excluding diaryl/α,β-unsaturated/α-hetero) is 1. The van der Waals surface area contributed by atoms with E-state index in [0.29, 0.717) is 24.0 Å². The van der Waals surface area contributed by atoms with Gasteiger partial charge in [0, 0.05) is 17.8 Å². The van der Waals surface area contributed by atoms with E-state index in [1.54, 1.807) is 6.20 Å². The monoisotopic (exact) mass is 562 g/mol. The van der Waals surface area contributed by atoms with E-state index in [1.807, 2.05) is 27.7 Å². The van der Waals surface area contributed by atoms with Gasteiger partial charge < -0.3 is 10.4 Å². The van der Waals surface area contributed by atoms with Gasteiger partial charge in [-0.3, -0.25) is 24.3 Å². The van der Waals surface area contributed by atoms with Gasteiger partial charge in [0.1, 0.15) is 11.9 Å².